The van der Waals surface area contributed by atoms with Crippen LogP contribution in [0.15, 0.2) is 60.7 Å². The molecule has 5 rings (SSSR count). The molecule has 2 heterocycles. The molecule has 2 fully saturated rings. The number of carbonyl (C=O) groups excluding carboxylic acids is 3. The highest BCUT2D eigenvalue weighted by molar-refractivity contribution is 6.07. The van der Waals surface area contributed by atoms with Crippen LogP contribution in [0.3, 0.4) is 0 Å². The summed E-state index contributed by atoms with van der Waals surface area (Å²) in [6.45, 7) is 4.70. The zero-order valence-corrected chi connectivity index (χ0v) is 24.3. The maximum atomic E-state index is 13.3. The Morgan fingerprint density at radius 3 is 1.95 bits per heavy atom. The number of anilines is 2. The fraction of sp³-hybridized carbons (Fsp3) is 0.312. The predicted molar refractivity (Wildman–Crippen MR) is 162 cm³/mol. The fourth-order valence-corrected chi connectivity index (χ4v) is 5.29. The molecule has 11 nitrogen and oxygen atoms in total. The topological polar surface area (TPSA) is 127 Å². The van der Waals surface area contributed by atoms with Crippen molar-refractivity contribution in [2.45, 2.75) is 0 Å². The molecule has 2 aliphatic rings. The van der Waals surface area contributed by atoms with Gasteiger partial charge in [-0.05, 0) is 60.7 Å². The van der Waals surface area contributed by atoms with Crippen molar-refractivity contribution >= 4 is 29.1 Å². The van der Waals surface area contributed by atoms with Crippen molar-refractivity contribution in [2.24, 2.45) is 0 Å². The van der Waals surface area contributed by atoms with E-state index in [2.05, 4.69) is 21.6 Å². The molecular formula is C32H34N6O5. The Morgan fingerprint density at radius 2 is 1.33 bits per heavy atom. The van der Waals surface area contributed by atoms with E-state index >= 15 is 0 Å². The van der Waals surface area contributed by atoms with Gasteiger partial charge in [0.1, 0.15) is 0 Å². The first-order chi connectivity index (χ1) is 20.9. The second kappa shape index (κ2) is 13.3. The number of hydrogen-bond acceptors (Lipinski definition) is 8. The summed E-state index contributed by atoms with van der Waals surface area (Å²) in [5.41, 5.74) is 3.13. The number of piperazine rings is 2. The highest BCUT2D eigenvalue weighted by Crippen LogP contribution is 2.31. The average Bonchev–Trinajstić information content (AvgIpc) is 3.07. The first-order valence-electron chi connectivity index (χ1n) is 14.1. The molecule has 222 valence electrons. The summed E-state index contributed by atoms with van der Waals surface area (Å²) in [4.78, 5) is 45.5. The average molecular weight is 583 g/mol. The second-order valence-corrected chi connectivity index (χ2v) is 10.3. The van der Waals surface area contributed by atoms with Gasteiger partial charge in [0.2, 0.25) is 0 Å². The van der Waals surface area contributed by atoms with Crippen molar-refractivity contribution in [2.75, 3.05) is 76.8 Å². The number of amides is 3. The number of carbonyl (C=O) groups is 3. The van der Waals surface area contributed by atoms with Crippen molar-refractivity contribution in [3.8, 4) is 17.6 Å². The van der Waals surface area contributed by atoms with E-state index in [0.29, 0.717) is 78.7 Å². The van der Waals surface area contributed by atoms with Crippen LogP contribution in [0, 0.1) is 11.3 Å². The Kier molecular flexibility index (Phi) is 9.08. The minimum Gasteiger partial charge on any atom is -0.493 e. The number of nitrogens with zero attached hydrogens (tertiary/aromatic N) is 4. The Bertz CT molecular complexity index is 1540. The van der Waals surface area contributed by atoms with Crippen molar-refractivity contribution in [3.63, 3.8) is 0 Å². The van der Waals surface area contributed by atoms with Crippen molar-refractivity contribution in [1.82, 2.24) is 15.1 Å². The molecule has 2 N–H and O–H groups in total. The van der Waals surface area contributed by atoms with Gasteiger partial charge in [-0.15, -0.1) is 0 Å². The zero-order valence-electron chi connectivity index (χ0n) is 24.3. The van der Waals surface area contributed by atoms with Gasteiger partial charge < -0.3 is 34.8 Å². The van der Waals surface area contributed by atoms with E-state index in [4.69, 9.17) is 14.7 Å². The molecular weight excluding hydrogens is 548 g/mol. The number of rotatable bonds is 7. The van der Waals surface area contributed by atoms with Crippen LogP contribution in [0.2, 0.25) is 0 Å². The first-order valence-corrected chi connectivity index (χ1v) is 14.1. The summed E-state index contributed by atoms with van der Waals surface area (Å²) >= 11 is 0. The Balaban J connectivity index is 1.35. The molecule has 0 spiro atoms. The maximum absolute atomic E-state index is 13.3. The van der Waals surface area contributed by atoms with Gasteiger partial charge in [0.25, 0.3) is 17.7 Å². The van der Waals surface area contributed by atoms with Crippen molar-refractivity contribution in [1.29, 1.82) is 5.26 Å². The van der Waals surface area contributed by atoms with Gasteiger partial charge in [-0.25, -0.2) is 0 Å². The summed E-state index contributed by atoms with van der Waals surface area (Å²) in [6.07, 6.45) is 0. The Hall–Kier alpha value is -5.08. The molecule has 43 heavy (non-hydrogen) atoms. The van der Waals surface area contributed by atoms with E-state index in [1.54, 1.807) is 71.5 Å². The molecule has 0 aliphatic carbocycles. The normalized spacial score (nSPS) is 15.0. The molecule has 2 aliphatic heterocycles. The standard InChI is InChI=1S/C32H34N6O5/c1-42-28-10-8-25(20-29(28)43-2)32(41)38-17-15-36(16-18-38)27-9-7-24(31(40)37-13-11-34-12-14-37)19-26(27)35-30(39)23-5-3-22(21-33)4-6-23/h3-10,19-20,34H,11-18H2,1-2H3,(H,35,39). The summed E-state index contributed by atoms with van der Waals surface area (Å²) < 4.78 is 10.6. The molecule has 3 amide bonds. The van der Waals surface area contributed by atoms with Gasteiger partial charge in [0.15, 0.2) is 11.5 Å². The van der Waals surface area contributed by atoms with E-state index < -0.39 is 0 Å². The highest BCUT2D eigenvalue weighted by Gasteiger charge is 2.26. The Labute approximate surface area is 250 Å². The summed E-state index contributed by atoms with van der Waals surface area (Å²) in [7, 11) is 3.08. The molecule has 2 saturated heterocycles. The van der Waals surface area contributed by atoms with Gasteiger partial charge in [-0.2, -0.15) is 5.26 Å². The number of benzene rings is 3. The van der Waals surface area contributed by atoms with E-state index in [0.717, 1.165) is 18.8 Å². The lowest BCUT2D eigenvalue weighted by atomic mass is 10.1. The molecule has 0 saturated carbocycles. The zero-order chi connectivity index (χ0) is 30.3. The van der Waals surface area contributed by atoms with Crippen LogP contribution in [0.1, 0.15) is 36.6 Å². The number of hydrogen-bond donors (Lipinski definition) is 2. The van der Waals surface area contributed by atoms with Gasteiger partial charge in [-0.3, -0.25) is 14.4 Å². The maximum Gasteiger partial charge on any atom is 0.255 e. The van der Waals surface area contributed by atoms with Crippen LogP contribution in [0.25, 0.3) is 0 Å². The molecule has 0 bridgehead atoms. The fourth-order valence-electron chi connectivity index (χ4n) is 5.29. The Morgan fingerprint density at radius 1 is 0.744 bits per heavy atom. The van der Waals surface area contributed by atoms with Crippen LogP contribution in [-0.2, 0) is 0 Å². The number of methoxy groups -OCH3 is 2. The quantitative estimate of drug-likeness (QED) is 0.436. The van der Waals surface area contributed by atoms with Crippen LogP contribution in [0.4, 0.5) is 11.4 Å². The molecule has 0 unspecified atom stereocenters. The SMILES string of the molecule is COc1ccc(C(=O)N2CCN(c3ccc(C(=O)N4CCNCC4)cc3NC(=O)c3ccc(C#N)cc3)CC2)cc1OC. The molecule has 11 heteroatoms. The third-order valence-electron chi connectivity index (χ3n) is 7.71. The molecule has 3 aromatic carbocycles. The third-order valence-corrected chi connectivity index (χ3v) is 7.71. The van der Waals surface area contributed by atoms with Crippen LogP contribution < -0.4 is 25.0 Å². The molecule has 0 atom stereocenters. The van der Waals surface area contributed by atoms with Gasteiger partial charge in [0, 0.05) is 69.0 Å². The lowest BCUT2D eigenvalue weighted by Crippen LogP contribution is -2.49. The van der Waals surface area contributed by atoms with Gasteiger partial charge in [-0.1, -0.05) is 0 Å². The van der Waals surface area contributed by atoms with Gasteiger partial charge in [0.05, 0.1) is 37.2 Å². The number of ether oxygens (including phenoxy) is 2. The first kappa shape index (κ1) is 29.4. The third kappa shape index (κ3) is 6.55. The largest absolute Gasteiger partial charge is 0.493 e. The smallest absolute Gasteiger partial charge is 0.255 e. The van der Waals surface area contributed by atoms with Crippen molar-refractivity contribution < 1.29 is 23.9 Å². The van der Waals surface area contributed by atoms with Crippen LogP contribution in [-0.4, -0.2) is 94.1 Å². The molecule has 0 aromatic heterocycles. The predicted octanol–water partition coefficient (Wildman–Crippen LogP) is 2.84. The summed E-state index contributed by atoms with van der Waals surface area (Å²) in [5.74, 6) is 0.502. The minimum absolute atomic E-state index is 0.0905. The van der Waals surface area contributed by atoms with Crippen LogP contribution in [0.5, 0.6) is 11.5 Å². The van der Waals surface area contributed by atoms with Crippen molar-refractivity contribution in [3.05, 3.63) is 82.9 Å². The molecule has 0 radical (unpaired) electrons. The number of nitriles is 1. The summed E-state index contributed by atoms with van der Waals surface area (Å²) in [5, 5.41) is 15.3. The van der Waals surface area contributed by atoms with E-state index in [1.807, 2.05) is 6.07 Å². The minimum atomic E-state index is -0.347. The lowest BCUT2D eigenvalue weighted by Gasteiger charge is -2.37. The van der Waals surface area contributed by atoms with Crippen LogP contribution >= 0.6 is 0 Å². The van der Waals surface area contributed by atoms with E-state index in [9.17, 15) is 14.4 Å². The van der Waals surface area contributed by atoms with E-state index in [-0.39, 0.29) is 17.7 Å². The van der Waals surface area contributed by atoms with E-state index in [1.165, 1.54) is 7.11 Å². The highest BCUT2D eigenvalue weighted by atomic mass is 16.5. The molecule has 3 aromatic rings. The lowest BCUT2D eigenvalue weighted by molar-refractivity contribution is 0.0731. The second-order valence-electron chi connectivity index (χ2n) is 10.3. The number of nitrogens with one attached hydrogen (secondary N) is 2. The monoisotopic (exact) mass is 582 g/mol. The summed E-state index contributed by atoms with van der Waals surface area (Å²) in [6, 6.07) is 18.9. The van der Waals surface area contributed by atoms with Gasteiger partial charge >= 0.3 is 0 Å².